The molecule has 0 saturated heterocycles. The lowest BCUT2D eigenvalue weighted by Gasteiger charge is -2.17. The van der Waals surface area contributed by atoms with Gasteiger partial charge in [0, 0.05) is 12.2 Å². The predicted molar refractivity (Wildman–Crippen MR) is 93.1 cm³/mol. The largest absolute Gasteiger partial charge is 0.489 e. The molecule has 0 fully saturated rings. The number of fused-ring (bicyclic) bond motifs is 1. The van der Waals surface area contributed by atoms with Crippen molar-refractivity contribution in [3.8, 4) is 11.5 Å². The van der Waals surface area contributed by atoms with Crippen LogP contribution in [-0.2, 0) is 9.53 Å². The monoisotopic (exact) mass is 342 g/mol. The molecular formula is C20H22O5. The Balaban J connectivity index is 1.71. The Bertz CT molecular complexity index is 738. The Morgan fingerprint density at radius 3 is 2.72 bits per heavy atom. The van der Waals surface area contributed by atoms with Crippen molar-refractivity contribution in [2.45, 2.75) is 32.5 Å². The normalized spacial score (nSPS) is 16.8. The fraction of sp³-hybridized carbons (Fsp3) is 0.350. The third kappa shape index (κ3) is 3.94. The van der Waals surface area contributed by atoms with Crippen LogP contribution < -0.4 is 9.47 Å². The summed E-state index contributed by atoms with van der Waals surface area (Å²) in [4.78, 5) is 11.0. The van der Waals surface area contributed by atoms with E-state index in [0.717, 1.165) is 28.2 Å². The summed E-state index contributed by atoms with van der Waals surface area (Å²) in [7, 11) is 0. The minimum Gasteiger partial charge on any atom is -0.489 e. The van der Waals surface area contributed by atoms with Crippen LogP contribution in [0.5, 0.6) is 11.5 Å². The molecule has 2 aromatic rings. The van der Waals surface area contributed by atoms with Crippen molar-refractivity contribution in [1.82, 2.24) is 0 Å². The number of carbonyl (C=O) groups is 1. The predicted octanol–water partition coefficient (Wildman–Crippen LogP) is 4.06. The first kappa shape index (κ1) is 17.3. The average Bonchev–Trinajstić information content (AvgIpc) is 2.99. The molecule has 0 radical (unpaired) electrons. The number of carboxylic acid groups (broad SMARTS) is 1. The van der Waals surface area contributed by atoms with Gasteiger partial charge in [0.25, 0.3) is 0 Å². The molecular weight excluding hydrogens is 320 g/mol. The van der Waals surface area contributed by atoms with E-state index in [1.165, 1.54) is 0 Å². The quantitative estimate of drug-likeness (QED) is 0.822. The van der Waals surface area contributed by atoms with Crippen molar-refractivity contribution in [2.75, 3.05) is 13.2 Å². The van der Waals surface area contributed by atoms with Crippen LogP contribution in [0.1, 0.15) is 42.2 Å². The molecule has 1 N–H and O–H groups in total. The van der Waals surface area contributed by atoms with Crippen molar-refractivity contribution in [3.05, 3.63) is 59.2 Å². The third-order valence-electron chi connectivity index (χ3n) is 4.23. The first-order chi connectivity index (χ1) is 12.1. The summed E-state index contributed by atoms with van der Waals surface area (Å²) in [5.41, 5.74) is 2.99. The first-order valence-corrected chi connectivity index (χ1v) is 8.40. The molecule has 0 saturated carbocycles. The van der Waals surface area contributed by atoms with Gasteiger partial charge in [0.1, 0.15) is 18.1 Å². The van der Waals surface area contributed by atoms with Gasteiger partial charge >= 0.3 is 5.97 Å². The number of benzene rings is 2. The van der Waals surface area contributed by atoms with Gasteiger partial charge in [-0.25, -0.2) is 0 Å². The maximum absolute atomic E-state index is 11.0. The molecule has 2 aromatic carbocycles. The Kier molecular flexibility index (Phi) is 5.24. The van der Waals surface area contributed by atoms with Crippen LogP contribution in [0.3, 0.4) is 0 Å². The zero-order valence-corrected chi connectivity index (χ0v) is 14.4. The van der Waals surface area contributed by atoms with Crippen LogP contribution in [0, 0.1) is 6.92 Å². The van der Waals surface area contributed by atoms with Gasteiger partial charge in [0.15, 0.2) is 6.10 Å². The zero-order chi connectivity index (χ0) is 17.8. The van der Waals surface area contributed by atoms with Gasteiger partial charge in [0.05, 0.1) is 12.5 Å². The number of para-hydroxylation sites is 1. The molecule has 0 bridgehead atoms. The second-order valence-electron chi connectivity index (χ2n) is 6.02. The summed E-state index contributed by atoms with van der Waals surface area (Å²) in [6.45, 7) is 4.83. The third-order valence-corrected chi connectivity index (χ3v) is 4.23. The highest BCUT2D eigenvalue weighted by atomic mass is 16.5. The molecule has 1 unspecified atom stereocenters. The number of ether oxygens (including phenoxy) is 3. The van der Waals surface area contributed by atoms with Gasteiger partial charge in [-0.15, -0.1) is 0 Å². The van der Waals surface area contributed by atoms with E-state index in [1.807, 2.05) is 56.3 Å². The first-order valence-electron chi connectivity index (χ1n) is 8.40. The van der Waals surface area contributed by atoms with Crippen LogP contribution in [0.4, 0.5) is 0 Å². The van der Waals surface area contributed by atoms with E-state index in [4.69, 9.17) is 19.3 Å². The lowest BCUT2D eigenvalue weighted by Crippen LogP contribution is -2.11. The minimum absolute atomic E-state index is 0.0584. The topological polar surface area (TPSA) is 65.0 Å². The minimum atomic E-state index is -0.881. The maximum atomic E-state index is 11.0. The fourth-order valence-electron chi connectivity index (χ4n) is 3.03. The Hall–Kier alpha value is -2.53. The Morgan fingerprint density at radius 2 is 2.04 bits per heavy atom. The number of hydrogen-bond donors (Lipinski definition) is 1. The molecule has 0 aliphatic carbocycles. The van der Waals surface area contributed by atoms with Crippen LogP contribution in [0.25, 0.3) is 0 Å². The molecule has 0 spiro atoms. The van der Waals surface area contributed by atoms with Gasteiger partial charge in [-0.05, 0) is 37.1 Å². The lowest BCUT2D eigenvalue weighted by molar-refractivity contribution is -0.140. The summed E-state index contributed by atoms with van der Waals surface area (Å²) in [5, 5.41) is 9.01. The van der Waals surface area contributed by atoms with Crippen LogP contribution >= 0.6 is 0 Å². The highest BCUT2D eigenvalue weighted by Crippen LogP contribution is 2.37. The van der Waals surface area contributed by atoms with Crippen LogP contribution in [0.2, 0.25) is 0 Å². The van der Waals surface area contributed by atoms with E-state index in [9.17, 15) is 4.79 Å². The molecule has 25 heavy (non-hydrogen) atoms. The molecule has 5 nitrogen and oxygen atoms in total. The van der Waals surface area contributed by atoms with Crippen molar-refractivity contribution >= 4 is 5.97 Å². The summed E-state index contributed by atoms with van der Waals surface area (Å²) in [6, 6.07) is 13.4. The second-order valence-corrected chi connectivity index (χ2v) is 6.02. The SMILES string of the molecule is CCO[C@@H](CC(=O)O)c1ccc(OC2COc3c(C)cccc32)cc1. The smallest absolute Gasteiger partial charge is 0.306 e. The lowest BCUT2D eigenvalue weighted by atomic mass is 10.1. The zero-order valence-electron chi connectivity index (χ0n) is 14.4. The molecule has 1 aliphatic rings. The number of rotatable bonds is 7. The Labute approximate surface area is 147 Å². The van der Waals surface area contributed by atoms with Gasteiger partial charge in [-0.2, -0.15) is 0 Å². The van der Waals surface area contributed by atoms with Gasteiger partial charge in [-0.3, -0.25) is 4.79 Å². The summed E-state index contributed by atoms with van der Waals surface area (Å²) in [5.74, 6) is 0.744. The van der Waals surface area contributed by atoms with Crippen molar-refractivity contribution in [2.24, 2.45) is 0 Å². The maximum Gasteiger partial charge on any atom is 0.306 e. The molecule has 0 aromatic heterocycles. The van der Waals surface area contributed by atoms with Gasteiger partial charge in [0.2, 0.25) is 0 Å². The summed E-state index contributed by atoms with van der Waals surface area (Å²) >= 11 is 0. The Morgan fingerprint density at radius 1 is 1.28 bits per heavy atom. The van der Waals surface area contributed by atoms with E-state index >= 15 is 0 Å². The number of hydrogen-bond acceptors (Lipinski definition) is 4. The van der Waals surface area contributed by atoms with E-state index in [-0.39, 0.29) is 12.5 Å². The van der Waals surface area contributed by atoms with Gasteiger partial charge < -0.3 is 19.3 Å². The highest BCUT2D eigenvalue weighted by Gasteiger charge is 2.27. The number of carboxylic acids is 1. The van der Waals surface area contributed by atoms with Crippen molar-refractivity contribution in [1.29, 1.82) is 0 Å². The fourth-order valence-corrected chi connectivity index (χ4v) is 3.03. The van der Waals surface area contributed by atoms with Crippen molar-refractivity contribution < 1.29 is 24.1 Å². The molecule has 1 aliphatic heterocycles. The molecule has 5 heteroatoms. The standard InChI is InChI=1S/C20H22O5/c1-3-23-17(11-19(21)22)14-7-9-15(10-8-14)25-18-12-24-20-13(2)5-4-6-16(18)20/h4-10,17-18H,3,11-12H2,1-2H3,(H,21,22)/t17-,18?/m0/s1. The van der Waals surface area contributed by atoms with Crippen LogP contribution in [0.15, 0.2) is 42.5 Å². The van der Waals surface area contributed by atoms with E-state index in [1.54, 1.807) is 0 Å². The molecule has 132 valence electrons. The molecule has 0 amide bonds. The summed E-state index contributed by atoms with van der Waals surface area (Å²) < 4.78 is 17.3. The van der Waals surface area contributed by atoms with Crippen LogP contribution in [-0.4, -0.2) is 24.3 Å². The number of aryl methyl sites for hydroxylation is 1. The molecule has 1 heterocycles. The number of aliphatic carboxylic acids is 1. The van der Waals surface area contributed by atoms with E-state index in [0.29, 0.717) is 13.2 Å². The molecule has 3 rings (SSSR count). The van der Waals surface area contributed by atoms with E-state index in [2.05, 4.69) is 0 Å². The second kappa shape index (κ2) is 7.57. The van der Waals surface area contributed by atoms with E-state index < -0.39 is 12.1 Å². The average molecular weight is 342 g/mol. The van der Waals surface area contributed by atoms with Gasteiger partial charge in [-0.1, -0.05) is 30.3 Å². The van der Waals surface area contributed by atoms with Crippen molar-refractivity contribution in [3.63, 3.8) is 0 Å². The highest BCUT2D eigenvalue weighted by molar-refractivity contribution is 5.67. The summed E-state index contributed by atoms with van der Waals surface area (Å²) in [6.07, 6.45) is -0.644. The molecule has 2 atom stereocenters.